The normalized spacial score (nSPS) is 13.2. The number of aryl methyl sites for hydroxylation is 2. The summed E-state index contributed by atoms with van der Waals surface area (Å²) in [5, 5.41) is 17.8. The van der Waals surface area contributed by atoms with E-state index in [1.165, 1.54) is 12.0 Å². The van der Waals surface area contributed by atoms with E-state index in [9.17, 15) is 9.90 Å². The van der Waals surface area contributed by atoms with Crippen LogP contribution >= 0.6 is 0 Å². The number of nitrogens with zero attached hydrogens (tertiary/aromatic N) is 2. The first-order valence-corrected chi connectivity index (χ1v) is 10.9. The predicted molar refractivity (Wildman–Crippen MR) is 122 cm³/mol. The average Bonchev–Trinajstić information content (AvgIpc) is 3.39. The average molecular weight is 431 g/mol. The maximum atomic E-state index is 12.6. The molecule has 1 aliphatic carbocycles. The van der Waals surface area contributed by atoms with Gasteiger partial charge in [0.25, 0.3) is 5.91 Å². The molecule has 0 fully saturated rings. The monoisotopic (exact) mass is 431 g/mol. The summed E-state index contributed by atoms with van der Waals surface area (Å²) >= 11 is 0. The molecule has 1 aliphatic rings. The molecule has 2 aromatic carbocycles. The van der Waals surface area contributed by atoms with Crippen LogP contribution < -0.4 is 10.1 Å². The van der Waals surface area contributed by atoms with Crippen LogP contribution in [0.15, 0.2) is 59.0 Å². The first-order chi connectivity index (χ1) is 15.7. The van der Waals surface area contributed by atoms with Gasteiger partial charge in [-0.25, -0.2) is 4.68 Å². The number of aromatic nitrogens is 2. The molecule has 0 saturated carbocycles. The highest BCUT2D eigenvalue weighted by Gasteiger charge is 2.18. The van der Waals surface area contributed by atoms with E-state index in [4.69, 9.17) is 9.15 Å². The van der Waals surface area contributed by atoms with Gasteiger partial charge in [0, 0.05) is 29.0 Å². The van der Waals surface area contributed by atoms with E-state index in [2.05, 4.69) is 10.4 Å². The Morgan fingerprint density at radius 1 is 1.12 bits per heavy atom. The Hall–Kier alpha value is -3.58. The molecule has 7 heteroatoms. The Kier molecular flexibility index (Phi) is 5.64. The fraction of sp³-hybridized carbons (Fsp3) is 0.280. The number of fused-ring (bicyclic) bond motifs is 3. The van der Waals surface area contributed by atoms with Crippen molar-refractivity contribution in [2.75, 3.05) is 18.5 Å². The van der Waals surface area contributed by atoms with Crippen molar-refractivity contribution >= 4 is 22.7 Å². The number of furan rings is 1. The second-order valence-corrected chi connectivity index (χ2v) is 7.93. The maximum absolute atomic E-state index is 12.6. The Balaban J connectivity index is 1.28. The van der Waals surface area contributed by atoms with Crippen molar-refractivity contribution in [3.05, 3.63) is 65.9 Å². The molecule has 2 aromatic heterocycles. The number of anilines is 1. The van der Waals surface area contributed by atoms with Gasteiger partial charge >= 0.3 is 0 Å². The van der Waals surface area contributed by atoms with E-state index in [-0.39, 0.29) is 25.7 Å². The largest absolute Gasteiger partial charge is 0.484 e. The summed E-state index contributed by atoms with van der Waals surface area (Å²) in [5.74, 6) is 1.94. The van der Waals surface area contributed by atoms with Crippen molar-refractivity contribution in [2.24, 2.45) is 0 Å². The molecule has 5 rings (SSSR count). The number of ether oxygens (including phenoxy) is 1. The number of nitrogens with one attached hydrogen (secondary N) is 1. The van der Waals surface area contributed by atoms with Gasteiger partial charge in [-0.2, -0.15) is 5.10 Å². The molecule has 2 heterocycles. The number of amides is 1. The number of hydrogen-bond acceptors (Lipinski definition) is 5. The maximum Gasteiger partial charge on any atom is 0.263 e. The molecule has 0 spiro atoms. The molecule has 0 unspecified atom stereocenters. The van der Waals surface area contributed by atoms with Crippen LogP contribution in [-0.4, -0.2) is 34.0 Å². The van der Waals surface area contributed by atoms with Crippen LogP contribution in [0.3, 0.4) is 0 Å². The first-order valence-electron chi connectivity index (χ1n) is 10.9. The number of rotatable bonds is 7. The molecule has 0 atom stereocenters. The zero-order valence-electron chi connectivity index (χ0n) is 17.7. The van der Waals surface area contributed by atoms with Gasteiger partial charge in [0.2, 0.25) is 0 Å². The van der Waals surface area contributed by atoms with Crippen molar-refractivity contribution in [1.82, 2.24) is 9.78 Å². The minimum absolute atomic E-state index is 0.0791. The van der Waals surface area contributed by atoms with Crippen molar-refractivity contribution in [1.29, 1.82) is 0 Å². The van der Waals surface area contributed by atoms with Crippen LogP contribution in [0.4, 0.5) is 5.82 Å². The van der Waals surface area contributed by atoms with Gasteiger partial charge in [-0.3, -0.25) is 4.79 Å². The standard InChI is InChI=1S/C25H25N3O4/c29-13-12-28-24(15-21(27-28)17-6-2-1-3-7-17)26-25(30)16-31-18-10-11-23-20(14-18)19-8-4-5-9-22(19)32-23/h1-3,6-7,10-11,14-15,29H,4-5,8-9,12-13,16H2,(H,26,30). The Morgan fingerprint density at radius 2 is 1.97 bits per heavy atom. The van der Waals surface area contributed by atoms with Crippen LogP contribution in [0.5, 0.6) is 5.75 Å². The summed E-state index contributed by atoms with van der Waals surface area (Å²) in [6, 6.07) is 17.2. The fourth-order valence-corrected chi connectivity index (χ4v) is 4.19. The molecule has 32 heavy (non-hydrogen) atoms. The molecule has 4 aromatic rings. The van der Waals surface area contributed by atoms with Gasteiger partial charge in [0.05, 0.1) is 18.8 Å². The third kappa shape index (κ3) is 4.11. The van der Waals surface area contributed by atoms with Gasteiger partial charge < -0.3 is 19.6 Å². The van der Waals surface area contributed by atoms with Crippen LogP contribution in [0, 0.1) is 0 Å². The summed E-state index contributed by atoms with van der Waals surface area (Å²) in [7, 11) is 0. The highest BCUT2D eigenvalue weighted by atomic mass is 16.5. The van der Waals surface area contributed by atoms with Crippen LogP contribution in [0.1, 0.15) is 24.2 Å². The van der Waals surface area contributed by atoms with Gasteiger partial charge in [0.15, 0.2) is 6.61 Å². The van der Waals surface area contributed by atoms with Crippen LogP contribution in [-0.2, 0) is 24.2 Å². The lowest BCUT2D eigenvalue weighted by Crippen LogP contribution is -2.22. The summed E-state index contributed by atoms with van der Waals surface area (Å²) < 4.78 is 13.3. The van der Waals surface area contributed by atoms with Crippen molar-refractivity contribution in [3.8, 4) is 17.0 Å². The molecule has 0 saturated heterocycles. The van der Waals surface area contributed by atoms with Crippen LogP contribution in [0.25, 0.3) is 22.2 Å². The van der Waals surface area contributed by atoms with Gasteiger partial charge in [-0.1, -0.05) is 30.3 Å². The van der Waals surface area contributed by atoms with E-state index in [1.54, 1.807) is 10.7 Å². The number of aliphatic hydroxyl groups excluding tert-OH is 1. The van der Waals surface area contributed by atoms with Gasteiger partial charge in [0.1, 0.15) is 22.9 Å². The molecule has 0 radical (unpaired) electrons. The number of aliphatic hydroxyl groups is 1. The van der Waals surface area contributed by atoms with E-state index < -0.39 is 0 Å². The highest BCUT2D eigenvalue weighted by molar-refractivity contribution is 5.92. The topological polar surface area (TPSA) is 89.5 Å². The summed E-state index contributed by atoms with van der Waals surface area (Å²) in [6.45, 7) is 0.0758. The minimum Gasteiger partial charge on any atom is -0.484 e. The molecular weight excluding hydrogens is 406 g/mol. The van der Waals surface area contributed by atoms with E-state index in [0.717, 1.165) is 47.2 Å². The quantitative estimate of drug-likeness (QED) is 0.458. The molecular formula is C25H25N3O4. The predicted octanol–water partition coefficient (Wildman–Crippen LogP) is 4.18. The Labute approximate surface area is 185 Å². The van der Waals surface area contributed by atoms with E-state index >= 15 is 0 Å². The summed E-state index contributed by atoms with van der Waals surface area (Å²) in [6.07, 6.45) is 4.33. The van der Waals surface area contributed by atoms with Gasteiger partial charge in [-0.15, -0.1) is 0 Å². The van der Waals surface area contributed by atoms with Crippen molar-refractivity contribution in [3.63, 3.8) is 0 Å². The Bertz CT molecular complexity index is 1240. The van der Waals surface area contributed by atoms with Crippen molar-refractivity contribution in [2.45, 2.75) is 32.2 Å². The second-order valence-electron chi connectivity index (χ2n) is 7.93. The summed E-state index contributed by atoms with van der Waals surface area (Å²) in [4.78, 5) is 12.6. The fourth-order valence-electron chi connectivity index (χ4n) is 4.19. The third-order valence-corrected chi connectivity index (χ3v) is 5.73. The molecule has 0 bridgehead atoms. The van der Waals surface area contributed by atoms with Crippen LogP contribution in [0.2, 0.25) is 0 Å². The SMILES string of the molecule is O=C(COc1ccc2oc3c(c2c1)CCCC3)Nc1cc(-c2ccccc2)nn1CCO. The number of hydrogen-bond donors (Lipinski definition) is 2. The lowest BCUT2D eigenvalue weighted by Gasteiger charge is -2.10. The smallest absolute Gasteiger partial charge is 0.263 e. The minimum atomic E-state index is -0.293. The first kappa shape index (κ1) is 20.3. The molecule has 2 N–H and O–H groups in total. The van der Waals surface area contributed by atoms with E-state index in [0.29, 0.717) is 11.6 Å². The number of benzene rings is 2. The molecule has 7 nitrogen and oxygen atoms in total. The molecule has 0 aliphatic heterocycles. The molecule has 164 valence electrons. The lowest BCUT2D eigenvalue weighted by atomic mass is 9.96. The zero-order valence-corrected chi connectivity index (χ0v) is 17.7. The number of carbonyl (C=O) groups excluding carboxylic acids is 1. The Morgan fingerprint density at radius 3 is 2.81 bits per heavy atom. The van der Waals surface area contributed by atoms with Gasteiger partial charge in [-0.05, 0) is 37.5 Å². The summed E-state index contributed by atoms with van der Waals surface area (Å²) in [5.41, 5.74) is 3.80. The number of carbonyl (C=O) groups is 1. The molecule has 1 amide bonds. The second kappa shape index (κ2) is 8.88. The zero-order chi connectivity index (χ0) is 21.9. The lowest BCUT2D eigenvalue weighted by molar-refractivity contribution is -0.118. The van der Waals surface area contributed by atoms with E-state index in [1.807, 2.05) is 48.5 Å². The van der Waals surface area contributed by atoms with Crippen molar-refractivity contribution < 1.29 is 19.1 Å². The highest BCUT2D eigenvalue weighted by Crippen LogP contribution is 2.34. The third-order valence-electron chi connectivity index (χ3n) is 5.73.